The predicted molar refractivity (Wildman–Crippen MR) is 81.5 cm³/mol. The fourth-order valence-corrected chi connectivity index (χ4v) is 2.53. The van der Waals surface area contributed by atoms with Gasteiger partial charge in [-0.15, -0.1) is 0 Å². The van der Waals surface area contributed by atoms with Crippen molar-refractivity contribution in [2.75, 3.05) is 0 Å². The molecule has 20 heavy (non-hydrogen) atoms. The van der Waals surface area contributed by atoms with Gasteiger partial charge in [-0.05, 0) is 30.5 Å². The molecule has 0 aliphatic carbocycles. The molecule has 6 heteroatoms. The van der Waals surface area contributed by atoms with Gasteiger partial charge in [0.1, 0.15) is 5.15 Å². The molecule has 4 nitrogen and oxygen atoms in total. The van der Waals surface area contributed by atoms with E-state index in [0.29, 0.717) is 16.3 Å². The van der Waals surface area contributed by atoms with Crippen LogP contribution in [-0.4, -0.2) is 9.55 Å². The Morgan fingerprint density at radius 3 is 2.40 bits per heavy atom. The van der Waals surface area contributed by atoms with Crippen LogP contribution in [0.1, 0.15) is 30.9 Å². The van der Waals surface area contributed by atoms with Crippen molar-refractivity contribution < 1.29 is 0 Å². The standard InChI is InChI=1S/C14H14Cl2N2O2/c1-7(2)11-12(16)17-14(20)18(13(11)19)9-5-4-8(3)10(15)6-9/h4-7H,1-3H3,(H,17,20). The Hall–Kier alpha value is -1.52. The second-order valence-corrected chi connectivity index (χ2v) is 5.67. The number of nitrogens with zero attached hydrogens (tertiary/aromatic N) is 1. The van der Waals surface area contributed by atoms with E-state index in [9.17, 15) is 9.59 Å². The van der Waals surface area contributed by atoms with Crippen LogP contribution in [0.15, 0.2) is 27.8 Å². The van der Waals surface area contributed by atoms with E-state index in [0.717, 1.165) is 10.1 Å². The van der Waals surface area contributed by atoms with E-state index in [1.54, 1.807) is 18.2 Å². The van der Waals surface area contributed by atoms with Gasteiger partial charge in [0.15, 0.2) is 0 Å². The van der Waals surface area contributed by atoms with Gasteiger partial charge in [0.25, 0.3) is 5.56 Å². The molecule has 1 aromatic heterocycles. The van der Waals surface area contributed by atoms with Crippen LogP contribution in [0.4, 0.5) is 0 Å². The Kier molecular flexibility index (Phi) is 4.06. The second-order valence-electron chi connectivity index (χ2n) is 4.89. The number of H-pyrrole nitrogens is 1. The summed E-state index contributed by atoms with van der Waals surface area (Å²) in [5.41, 5.74) is 0.671. The molecule has 2 aromatic rings. The lowest BCUT2D eigenvalue weighted by atomic mass is 10.1. The van der Waals surface area contributed by atoms with Crippen LogP contribution >= 0.6 is 23.2 Å². The van der Waals surface area contributed by atoms with Gasteiger partial charge >= 0.3 is 5.69 Å². The molecular weight excluding hydrogens is 299 g/mol. The average Bonchev–Trinajstić information content (AvgIpc) is 2.32. The summed E-state index contributed by atoms with van der Waals surface area (Å²) in [6, 6.07) is 5.02. The third-order valence-corrected chi connectivity index (χ3v) is 3.79. The molecule has 0 aliphatic rings. The summed E-state index contributed by atoms with van der Waals surface area (Å²) in [6.07, 6.45) is 0. The van der Waals surface area contributed by atoms with Crippen LogP contribution in [0.3, 0.4) is 0 Å². The fourth-order valence-electron chi connectivity index (χ4n) is 1.98. The average molecular weight is 313 g/mol. The van der Waals surface area contributed by atoms with Gasteiger partial charge in [0.05, 0.1) is 11.3 Å². The fraction of sp³-hybridized carbons (Fsp3) is 0.286. The van der Waals surface area contributed by atoms with Gasteiger partial charge in [-0.25, -0.2) is 9.36 Å². The minimum absolute atomic E-state index is 0.0875. The van der Waals surface area contributed by atoms with Crippen molar-refractivity contribution in [2.45, 2.75) is 26.7 Å². The Bertz CT molecular complexity index is 776. The van der Waals surface area contributed by atoms with Crippen LogP contribution in [0.25, 0.3) is 5.69 Å². The van der Waals surface area contributed by atoms with Crippen LogP contribution in [0, 0.1) is 6.92 Å². The number of rotatable bonds is 2. The lowest BCUT2D eigenvalue weighted by Gasteiger charge is -2.12. The zero-order valence-corrected chi connectivity index (χ0v) is 12.8. The Morgan fingerprint density at radius 2 is 1.85 bits per heavy atom. The normalized spacial score (nSPS) is 11.1. The summed E-state index contributed by atoms with van der Waals surface area (Å²) in [5.74, 6) is -0.0981. The van der Waals surface area contributed by atoms with E-state index < -0.39 is 11.2 Å². The van der Waals surface area contributed by atoms with Crippen LogP contribution in [0.2, 0.25) is 10.2 Å². The molecule has 0 saturated heterocycles. The lowest BCUT2D eigenvalue weighted by Crippen LogP contribution is -2.36. The second kappa shape index (κ2) is 5.46. The van der Waals surface area contributed by atoms with E-state index in [2.05, 4.69) is 4.98 Å². The van der Waals surface area contributed by atoms with Crippen molar-refractivity contribution in [1.82, 2.24) is 9.55 Å². The van der Waals surface area contributed by atoms with E-state index in [4.69, 9.17) is 23.2 Å². The lowest BCUT2D eigenvalue weighted by molar-refractivity contribution is 0.777. The van der Waals surface area contributed by atoms with Crippen LogP contribution < -0.4 is 11.2 Å². The number of hydrogen-bond donors (Lipinski definition) is 1. The zero-order valence-electron chi connectivity index (χ0n) is 11.3. The molecule has 0 spiro atoms. The zero-order chi connectivity index (χ0) is 15.0. The van der Waals surface area contributed by atoms with Crippen molar-refractivity contribution in [1.29, 1.82) is 0 Å². The highest BCUT2D eigenvalue weighted by molar-refractivity contribution is 6.31. The highest BCUT2D eigenvalue weighted by Gasteiger charge is 2.17. The van der Waals surface area contributed by atoms with E-state index in [1.807, 2.05) is 20.8 Å². The number of aromatic amines is 1. The molecule has 1 N–H and O–H groups in total. The topological polar surface area (TPSA) is 54.9 Å². The van der Waals surface area contributed by atoms with Crippen molar-refractivity contribution in [3.63, 3.8) is 0 Å². The molecule has 0 fully saturated rings. The van der Waals surface area contributed by atoms with Crippen molar-refractivity contribution in [3.8, 4) is 5.69 Å². The highest BCUT2D eigenvalue weighted by Crippen LogP contribution is 2.20. The molecule has 0 saturated carbocycles. The molecular formula is C14H14Cl2N2O2. The molecule has 0 radical (unpaired) electrons. The molecule has 106 valence electrons. The SMILES string of the molecule is Cc1ccc(-n2c(=O)[nH]c(Cl)c(C(C)C)c2=O)cc1Cl. The number of aromatic nitrogens is 2. The molecule has 2 rings (SSSR count). The molecule has 0 aliphatic heterocycles. The Labute approximate surface area is 126 Å². The summed E-state index contributed by atoms with van der Waals surface area (Å²) >= 11 is 12.0. The summed E-state index contributed by atoms with van der Waals surface area (Å²) in [5, 5.41) is 0.583. The maximum absolute atomic E-state index is 12.5. The largest absolute Gasteiger partial charge is 0.334 e. The van der Waals surface area contributed by atoms with Crippen molar-refractivity contribution in [2.24, 2.45) is 0 Å². The highest BCUT2D eigenvalue weighted by atomic mass is 35.5. The maximum Gasteiger partial charge on any atom is 0.334 e. The van der Waals surface area contributed by atoms with Gasteiger partial charge in [0, 0.05) is 5.02 Å². The minimum atomic E-state index is -0.579. The number of halogens is 2. The first-order valence-corrected chi connectivity index (χ1v) is 6.89. The summed E-state index contributed by atoms with van der Waals surface area (Å²) in [4.78, 5) is 27.0. The van der Waals surface area contributed by atoms with Gasteiger partial charge in [-0.2, -0.15) is 0 Å². The number of nitrogens with one attached hydrogen (secondary N) is 1. The first-order chi connectivity index (χ1) is 9.32. The summed E-state index contributed by atoms with van der Waals surface area (Å²) < 4.78 is 1.05. The van der Waals surface area contributed by atoms with Crippen molar-refractivity contribution >= 4 is 23.2 Å². The monoisotopic (exact) mass is 312 g/mol. The van der Waals surface area contributed by atoms with Gasteiger partial charge in [-0.3, -0.25) is 9.78 Å². The molecule has 0 unspecified atom stereocenters. The van der Waals surface area contributed by atoms with Gasteiger partial charge in [-0.1, -0.05) is 43.1 Å². The number of benzene rings is 1. The van der Waals surface area contributed by atoms with E-state index >= 15 is 0 Å². The Balaban J connectivity index is 2.81. The molecule has 1 aromatic carbocycles. The molecule has 0 bridgehead atoms. The first-order valence-electron chi connectivity index (χ1n) is 6.14. The number of aryl methyl sites for hydroxylation is 1. The maximum atomic E-state index is 12.5. The van der Waals surface area contributed by atoms with E-state index in [1.165, 1.54) is 0 Å². The molecule has 0 amide bonds. The number of hydrogen-bond acceptors (Lipinski definition) is 2. The van der Waals surface area contributed by atoms with Gasteiger partial charge < -0.3 is 0 Å². The van der Waals surface area contributed by atoms with Crippen LogP contribution in [0.5, 0.6) is 0 Å². The smallest absolute Gasteiger partial charge is 0.297 e. The minimum Gasteiger partial charge on any atom is -0.297 e. The van der Waals surface area contributed by atoms with Crippen LogP contribution in [-0.2, 0) is 0 Å². The first kappa shape index (κ1) is 14.9. The third kappa shape index (κ3) is 2.53. The van der Waals surface area contributed by atoms with Gasteiger partial charge in [0.2, 0.25) is 0 Å². The quantitative estimate of drug-likeness (QED) is 0.865. The summed E-state index contributed by atoms with van der Waals surface area (Å²) in [7, 11) is 0. The molecule has 1 heterocycles. The van der Waals surface area contributed by atoms with Crippen molar-refractivity contribution in [3.05, 3.63) is 60.3 Å². The predicted octanol–water partition coefficient (Wildman–Crippen LogP) is 3.26. The Morgan fingerprint density at radius 1 is 1.20 bits per heavy atom. The van der Waals surface area contributed by atoms with E-state index in [-0.39, 0.29) is 11.1 Å². The molecule has 0 atom stereocenters. The third-order valence-electron chi connectivity index (χ3n) is 3.08. The summed E-state index contributed by atoms with van der Waals surface area (Å²) in [6.45, 7) is 5.53.